The number of nitrogens with zero attached hydrogens (tertiary/aromatic N) is 10. The molecule has 8 aromatic rings. The number of esters is 1. The molecule has 0 unspecified atom stereocenters. The van der Waals surface area contributed by atoms with E-state index >= 15 is 0 Å². The highest BCUT2D eigenvalue weighted by Gasteiger charge is 2.30. The molecule has 0 atom stereocenters. The zero-order valence-corrected chi connectivity index (χ0v) is 48.0. The molecule has 2 aromatic carbocycles. The van der Waals surface area contributed by atoms with Crippen molar-refractivity contribution in [3.63, 3.8) is 0 Å². The number of fused-ring (bicyclic) bond motifs is 2. The zero-order valence-electron chi connectivity index (χ0n) is 44.8. The molecular formula is C56H64F2N10O7S4. The van der Waals surface area contributed by atoms with Gasteiger partial charge < -0.3 is 19.6 Å². The van der Waals surface area contributed by atoms with Gasteiger partial charge in [-0.25, -0.2) is 49.9 Å². The van der Waals surface area contributed by atoms with Crippen molar-refractivity contribution in [1.29, 1.82) is 0 Å². The smallest absolute Gasteiger partial charge is 0.302 e. The van der Waals surface area contributed by atoms with Crippen molar-refractivity contribution in [3.8, 4) is 22.5 Å². The van der Waals surface area contributed by atoms with Gasteiger partial charge in [-0.05, 0) is 134 Å². The van der Waals surface area contributed by atoms with Crippen LogP contribution in [0.25, 0.3) is 39.4 Å². The van der Waals surface area contributed by atoms with Crippen molar-refractivity contribution < 1.29 is 40.3 Å². The first-order chi connectivity index (χ1) is 38.0. The number of piperidine rings is 1. The maximum atomic E-state index is 13.4. The van der Waals surface area contributed by atoms with E-state index in [1.54, 1.807) is 28.6 Å². The largest absolute Gasteiger partial charge is 0.466 e. The number of aliphatic hydroxyl groups is 1. The monoisotopic (exact) mass is 1150 g/mol. The van der Waals surface area contributed by atoms with Crippen LogP contribution >= 0.6 is 22.7 Å². The third kappa shape index (κ3) is 13.1. The second-order valence-electron chi connectivity index (χ2n) is 19.4. The van der Waals surface area contributed by atoms with E-state index in [0.29, 0.717) is 32.6 Å². The average Bonchev–Trinajstić information content (AvgIpc) is 4.51. The predicted molar refractivity (Wildman–Crippen MR) is 309 cm³/mol. The minimum Gasteiger partial charge on any atom is -0.466 e. The summed E-state index contributed by atoms with van der Waals surface area (Å²) in [5.41, 5.74) is 10.1. The topological polar surface area (TPSA) is 188 Å². The molecule has 2 aliphatic rings. The van der Waals surface area contributed by atoms with Crippen molar-refractivity contribution >= 4 is 87.5 Å². The SMILES string of the molecule is CCc1nc2ccc(C3=CCN(S(=O)(=O)CCCOC(C)=O)CC3)cn2c1N(C)c1nc(-c2ccc(F)cc2)cs1.CCc1nc2ccc(C3CCN(S(=O)(=O)CCCO)CC3)cn2c1N(C)c1nc(-c2ccc(F)cc2)cs1. The summed E-state index contributed by atoms with van der Waals surface area (Å²) in [4.78, 5) is 34.3. The van der Waals surface area contributed by atoms with Gasteiger partial charge in [-0.3, -0.25) is 13.6 Å². The molecule has 418 valence electrons. The molecule has 1 fully saturated rings. The van der Waals surface area contributed by atoms with Crippen LogP contribution in [-0.2, 0) is 42.4 Å². The molecule has 6 aromatic heterocycles. The maximum Gasteiger partial charge on any atom is 0.302 e. The Hall–Kier alpha value is -6.47. The van der Waals surface area contributed by atoms with Crippen molar-refractivity contribution in [2.45, 2.75) is 71.6 Å². The summed E-state index contributed by atoms with van der Waals surface area (Å²) in [5.74, 6) is 1.08. The first-order valence-corrected chi connectivity index (χ1v) is 31.3. The Morgan fingerprint density at radius 2 is 1.19 bits per heavy atom. The predicted octanol–water partition coefficient (Wildman–Crippen LogP) is 10.1. The molecule has 10 rings (SSSR count). The van der Waals surface area contributed by atoms with Crippen LogP contribution in [0.1, 0.15) is 81.3 Å². The number of benzene rings is 2. The Morgan fingerprint density at radius 1 is 0.684 bits per heavy atom. The lowest BCUT2D eigenvalue weighted by molar-refractivity contribution is -0.140. The lowest BCUT2D eigenvalue weighted by atomic mass is 9.91. The number of carbonyl (C=O) groups excluding carboxylic acids is 1. The van der Waals surface area contributed by atoms with E-state index in [1.165, 1.54) is 58.2 Å². The molecule has 1 N–H and O–H groups in total. The van der Waals surface area contributed by atoms with Crippen LogP contribution in [0.5, 0.6) is 0 Å². The quantitative estimate of drug-likeness (QED) is 0.0596. The number of pyridine rings is 2. The summed E-state index contributed by atoms with van der Waals surface area (Å²) >= 11 is 3.03. The molecule has 23 heteroatoms. The Labute approximate surface area is 467 Å². The Bertz CT molecular complexity index is 3690. The number of imidazole rings is 2. The fourth-order valence-electron chi connectivity index (χ4n) is 9.91. The van der Waals surface area contributed by atoms with Gasteiger partial charge in [0.25, 0.3) is 0 Å². The third-order valence-corrected chi connectivity index (χ3v) is 19.9. The number of rotatable bonds is 19. The highest BCUT2D eigenvalue weighted by molar-refractivity contribution is 7.89. The fraction of sp³-hybridized carbons (Fsp3) is 0.375. The van der Waals surface area contributed by atoms with Crippen molar-refractivity contribution in [1.82, 2.24) is 37.3 Å². The summed E-state index contributed by atoms with van der Waals surface area (Å²) in [5, 5.41) is 14.5. The van der Waals surface area contributed by atoms with E-state index < -0.39 is 26.0 Å². The van der Waals surface area contributed by atoms with E-state index in [1.807, 2.05) is 54.0 Å². The summed E-state index contributed by atoms with van der Waals surface area (Å²) < 4.78 is 89.4. The number of hydrogen-bond donors (Lipinski definition) is 1. The van der Waals surface area contributed by atoms with Gasteiger partial charge >= 0.3 is 5.97 Å². The molecule has 0 bridgehead atoms. The molecule has 0 aliphatic carbocycles. The highest BCUT2D eigenvalue weighted by atomic mass is 32.2. The van der Waals surface area contributed by atoms with Crippen LogP contribution in [0.4, 0.5) is 30.7 Å². The number of aliphatic hydroxyl groups excluding tert-OH is 1. The Balaban J connectivity index is 0.000000192. The normalized spacial score (nSPS) is 14.8. The van der Waals surface area contributed by atoms with Gasteiger partial charge in [-0.15, -0.1) is 22.7 Å². The lowest BCUT2D eigenvalue weighted by Gasteiger charge is -2.31. The summed E-state index contributed by atoms with van der Waals surface area (Å²) in [6, 6.07) is 20.8. The second kappa shape index (κ2) is 24.9. The fourth-order valence-corrected chi connectivity index (χ4v) is 14.4. The Morgan fingerprint density at radius 3 is 1.70 bits per heavy atom. The maximum absolute atomic E-state index is 13.4. The number of halogens is 2. The number of ether oxygens (including phenoxy) is 1. The van der Waals surface area contributed by atoms with Crippen LogP contribution in [0.15, 0.2) is 102 Å². The molecule has 8 heterocycles. The van der Waals surface area contributed by atoms with Crippen LogP contribution < -0.4 is 9.80 Å². The van der Waals surface area contributed by atoms with Crippen molar-refractivity contribution in [2.24, 2.45) is 0 Å². The van der Waals surface area contributed by atoms with E-state index in [2.05, 4.69) is 46.0 Å². The van der Waals surface area contributed by atoms with Gasteiger partial charge in [-0.2, -0.15) is 4.31 Å². The van der Waals surface area contributed by atoms with Gasteiger partial charge in [0.05, 0.1) is 40.9 Å². The highest BCUT2D eigenvalue weighted by Crippen LogP contribution is 2.38. The van der Waals surface area contributed by atoms with E-state index in [-0.39, 0.29) is 55.1 Å². The molecular weight excluding hydrogens is 1090 g/mol. The van der Waals surface area contributed by atoms with Gasteiger partial charge in [-0.1, -0.05) is 26.0 Å². The van der Waals surface area contributed by atoms with Crippen LogP contribution in [-0.4, -0.2) is 130 Å². The molecule has 0 radical (unpaired) electrons. The second-order valence-corrected chi connectivity index (χ2v) is 25.2. The molecule has 79 heavy (non-hydrogen) atoms. The molecule has 0 amide bonds. The first-order valence-electron chi connectivity index (χ1n) is 26.3. The number of hydrogen-bond acceptors (Lipinski definition) is 15. The Kier molecular flexibility index (Phi) is 18.0. The van der Waals surface area contributed by atoms with Gasteiger partial charge in [0.1, 0.15) is 34.6 Å². The van der Waals surface area contributed by atoms with Crippen molar-refractivity contribution in [3.05, 3.63) is 136 Å². The van der Waals surface area contributed by atoms with E-state index in [0.717, 1.165) is 109 Å². The molecule has 2 aliphatic heterocycles. The number of sulfonamides is 2. The summed E-state index contributed by atoms with van der Waals surface area (Å²) in [7, 11) is -2.82. The van der Waals surface area contributed by atoms with Crippen LogP contribution in [0.2, 0.25) is 0 Å². The number of anilines is 4. The van der Waals surface area contributed by atoms with E-state index in [9.17, 15) is 30.4 Å². The minimum absolute atomic E-state index is 0.00964. The zero-order chi connectivity index (χ0) is 56.0. The molecule has 0 spiro atoms. The van der Waals surface area contributed by atoms with Crippen LogP contribution in [0.3, 0.4) is 0 Å². The summed E-state index contributed by atoms with van der Waals surface area (Å²) in [6.07, 6.45) is 10.3. The number of thiazole rings is 2. The minimum atomic E-state index is -3.44. The van der Waals surface area contributed by atoms with E-state index in [4.69, 9.17) is 29.8 Å². The number of carbonyl (C=O) groups is 1. The molecule has 1 saturated heterocycles. The lowest BCUT2D eigenvalue weighted by Crippen LogP contribution is -2.39. The van der Waals surface area contributed by atoms with Gasteiger partial charge in [0, 0.05) is 88.1 Å². The van der Waals surface area contributed by atoms with Crippen molar-refractivity contribution in [2.75, 3.05) is 74.8 Å². The summed E-state index contributed by atoms with van der Waals surface area (Å²) in [6.45, 7) is 7.09. The van der Waals surface area contributed by atoms with Crippen LogP contribution in [0, 0.1) is 11.6 Å². The van der Waals surface area contributed by atoms with Gasteiger partial charge in [0.2, 0.25) is 20.0 Å². The number of aromatic nitrogens is 6. The third-order valence-electron chi connectivity index (χ3n) is 14.2. The standard InChI is InChI=1S/C29H32FN5O4S2.C27H32FN5O3S2/c1-4-25-28(33(3)29-32-26(19-40-29)22-6-9-24(30)10-7-22)35-18-23(8-11-27(35)31-25)21-12-14-34(15-13-21)41(37,38)17-5-16-39-20(2)36;1-3-23-26(31(2)27-30-24(18-37-27)20-5-8-22(28)9-6-20)33-17-21(7-10-25(33)29-23)19-11-13-32(14-12-19)38(35,36)16-4-15-34/h6-12,18-19H,4-5,13-17H2,1-3H3;5-10,17-19,34H,3-4,11-16H2,1-2H3. The number of aryl methyl sites for hydroxylation is 2. The van der Waals surface area contributed by atoms with Gasteiger partial charge in [0.15, 0.2) is 10.3 Å². The molecule has 0 saturated carbocycles. The average molecular weight is 1160 g/mol. The molecule has 17 nitrogen and oxygen atoms in total. The first kappa shape index (κ1) is 57.2.